The molecule has 1 aromatic carbocycles. The van der Waals surface area contributed by atoms with Crippen LogP contribution in [0.3, 0.4) is 0 Å². The molecule has 5 heteroatoms. The van der Waals surface area contributed by atoms with E-state index in [1.807, 2.05) is 0 Å². The predicted octanol–water partition coefficient (Wildman–Crippen LogP) is 2.05. The Morgan fingerprint density at radius 3 is 2.79 bits per heavy atom. The van der Waals surface area contributed by atoms with Crippen molar-refractivity contribution >= 4 is 23.4 Å². The van der Waals surface area contributed by atoms with E-state index in [4.69, 9.17) is 10.8 Å². The summed E-state index contributed by atoms with van der Waals surface area (Å²) < 4.78 is 12.8. The molecule has 0 saturated carbocycles. The second-order valence-corrected chi connectivity index (χ2v) is 3.89. The highest BCUT2D eigenvalue weighted by molar-refractivity contribution is 8.00. The molecule has 0 radical (unpaired) electrons. The van der Waals surface area contributed by atoms with Crippen LogP contribution < -0.4 is 5.73 Å². The zero-order valence-electron chi connectivity index (χ0n) is 7.53. The monoisotopic (exact) mass is 215 g/mol. The fourth-order valence-electron chi connectivity index (χ4n) is 0.967. The molecule has 76 valence electrons. The zero-order chi connectivity index (χ0) is 10.7. The number of nitrogens with two attached hydrogens (primary N) is 1. The molecule has 3 nitrogen and oxygen atoms in total. The SMILES string of the molecule is Cc1cc(N)ccc1SC(F)C(=O)O. The fraction of sp³-hybridized carbons (Fsp3) is 0.222. The zero-order valence-corrected chi connectivity index (χ0v) is 8.34. The smallest absolute Gasteiger partial charge is 0.349 e. The van der Waals surface area contributed by atoms with Crippen molar-refractivity contribution in [3.8, 4) is 0 Å². The van der Waals surface area contributed by atoms with Gasteiger partial charge in [0.2, 0.25) is 5.50 Å². The van der Waals surface area contributed by atoms with Gasteiger partial charge in [0, 0.05) is 10.6 Å². The molecule has 1 unspecified atom stereocenters. The predicted molar refractivity (Wildman–Crippen MR) is 54.0 cm³/mol. The number of carboxylic acid groups (broad SMARTS) is 1. The van der Waals surface area contributed by atoms with Gasteiger partial charge in [-0.25, -0.2) is 9.18 Å². The first kappa shape index (κ1) is 10.8. The number of anilines is 1. The summed E-state index contributed by atoms with van der Waals surface area (Å²) in [5.41, 5.74) is 4.92. The number of hydrogen-bond acceptors (Lipinski definition) is 3. The molecule has 0 aliphatic rings. The van der Waals surface area contributed by atoms with E-state index in [-0.39, 0.29) is 0 Å². The van der Waals surface area contributed by atoms with E-state index in [1.165, 1.54) is 0 Å². The number of halogens is 1. The van der Waals surface area contributed by atoms with Crippen LogP contribution in [0.4, 0.5) is 10.1 Å². The van der Waals surface area contributed by atoms with Crippen molar-refractivity contribution in [2.24, 2.45) is 0 Å². The van der Waals surface area contributed by atoms with E-state index >= 15 is 0 Å². The molecule has 1 atom stereocenters. The molecule has 1 aromatic rings. The highest BCUT2D eigenvalue weighted by Crippen LogP contribution is 2.28. The van der Waals surface area contributed by atoms with Crippen molar-refractivity contribution in [3.63, 3.8) is 0 Å². The van der Waals surface area contributed by atoms with E-state index in [9.17, 15) is 9.18 Å². The normalized spacial score (nSPS) is 12.4. The Morgan fingerprint density at radius 2 is 2.29 bits per heavy atom. The molecule has 14 heavy (non-hydrogen) atoms. The van der Waals surface area contributed by atoms with Gasteiger partial charge in [0.25, 0.3) is 0 Å². The van der Waals surface area contributed by atoms with Crippen LogP contribution in [0.2, 0.25) is 0 Å². The van der Waals surface area contributed by atoms with Crippen LogP contribution >= 0.6 is 11.8 Å². The van der Waals surface area contributed by atoms with Crippen molar-refractivity contribution in [3.05, 3.63) is 23.8 Å². The summed E-state index contributed by atoms with van der Waals surface area (Å²) in [7, 11) is 0. The molecule has 0 amide bonds. The Hall–Kier alpha value is -1.23. The van der Waals surface area contributed by atoms with Gasteiger partial charge in [0.1, 0.15) is 0 Å². The number of hydrogen-bond donors (Lipinski definition) is 2. The lowest BCUT2D eigenvalue weighted by Crippen LogP contribution is -2.09. The summed E-state index contributed by atoms with van der Waals surface area (Å²) in [6.45, 7) is 1.76. The average molecular weight is 215 g/mol. The van der Waals surface area contributed by atoms with Gasteiger partial charge < -0.3 is 10.8 Å². The second-order valence-electron chi connectivity index (χ2n) is 2.80. The number of aryl methyl sites for hydroxylation is 1. The van der Waals surface area contributed by atoms with Gasteiger partial charge in [-0.15, -0.1) is 0 Å². The van der Waals surface area contributed by atoms with Crippen molar-refractivity contribution in [1.29, 1.82) is 0 Å². The summed E-state index contributed by atoms with van der Waals surface area (Å²) in [5.74, 6) is -1.47. The molecule has 0 spiro atoms. The Bertz CT molecular complexity index is 357. The van der Waals surface area contributed by atoms with E-state index < -0.39 is 11.5 Å². The standard InChI is InChI=1S/C9H10FNO2S/c1-5-4-6(11)2-3-7(5)14-8(10)9(12)13/h2-4,8H,11H2,1H3,(H,12,13). The first-order chi connectivity index (χ1) is 6.50. The molecule has 0 saturated heterocycles. The lowest BCUT2D eigenvalue weighted by Gasteiger charge is -2.06. The third-order valence-corrected chi connectivity index (χ3v) is 2.74. The van der Waals surface area contributed by atoms with Crippen LogP contribution in [0.5, 0.6) is 0 Å². The molecule has 0 aromatic heterocycles. The van der Waals surface area contributed by atoms with Gasteiger partial charge in [-0.3, -0.25) is 0 Å². The van der Waals surface area contributed by atoms with Gasteiger partial charge in [0.05, 0.1) is 0 Å². The number of carbonyl (C=O) groups is 1. The van der Waals surface area contributed by atoms with Crippen molar-refractivity contribution < 1.29 is 14.3 Å². The Balaban J connectivity index is 2.82. The van der Waals surface area contributed by atoms with E-state index in [2.05, 4.69) is 0 Å². The number of aliphatic carboxylic acids is 1. The maximum absolute atomic E-state index is 12.8. The van der Waals surface area contributed by atoms with Gasteiger partial charge in [0.15, 0.2) is 0 Å². The van der Waals surface area contributed by atoms with Crippen LogP contribution in [0, 0.1) is 6.92 Å². The summed E-state index contributed by atoms with van der Waals surface area (Å²) in [5, 5.41) is 8.37. The van der Waals surface area contributed by atoms with Crippen molar-refractivity contribution in [2.75, 3.05) is 5.73 Å². The molecule has 0 aliphatic heterocycles. The molecule has 0 aliphatic carbocycles. The fourth-order valence-corrected chi connectivity index (χ4v) is 1.68. The van der Waals surface area contributed by atoms with E-state index in [0.29, 0.717) is 22.3 Å². The minimum Gasteiger partial charge on any atom is -0.478 e. The number of benzene rings is 1. The highest BCUT2D eigenvalue weighted by atomic mass is 32.2. The van der Waals surface area contributed by atoms with Gasteiger partial charge in [-0.1, -0.05) is 11.8 Å². The average Bonchev–Trinajstić information content (AvgIpc) is 2.09. The Labute approximate surface area is 85.1 Å². The number of carboxylic acids is 1. The van der Waals surface area contributed by atoms with Crippen molar-refractivity contribution in [1.82, 2.24) is 0 Å². The molecule has 3 N–H and O–H groups in total. The van der Waals surface area contributed by atoms with E-state index in [1.54, 1.807) is 25.1 Å². The van der Waals surface area contributed by atoms with Gasteiger partial charge >= 0.3 is 5.97 Å². The lowest BCUT2D eigenvalue weighted by atomic mass is 10.2. The number of thioether (sulfide) groups is 1. The second kappa shape index (κ2) is 4.32. The molecular formula is C9H10FNO2S. The summed E-state index contributed by atoms with van der Waals surface area (Å²) >= 11 is 0.665. The first-order valence-corrected chi connectivity index (χ1v) is 4.78. The molecule has 1 rings (SSSR count). The van der Waals surface area contributed by atoms with Crippen LogP contribution in [0.1, 0.15) is 5.56 Å². The summed E-state index contributed by atoms with van der Waals surface area (Å²) in [6, 6.07) is 4.91. The Morgan fingerprint density at radius 1 is 1.64 bits per heavy atom. The maximum Gasteiger partial charge on any atom is 0.349 e. The maximum atomic E-state index is 12.8. The van der Waals surface area contributed by atoms with E-state index in [0.717, 1.165) is 5.56 Å². The van der Waals surface area contributed by atoms with Crippen LogP contribution in [-0.2, 0) is 4.79 Å². The van der Waals surface area contributed by atoms with Gasteiger partial charge in [-0.05, 0) is 30.7 Å². The Kier molecular flexibility index (Phi) is 3.35. The third-order valence-electron chi connectivity index (χ3n) is 1.62. The van der Waals surface area contributed by atoms with Crippen LogP contribution in [0.25, 0.3) is 0 Å². The topological polar surface area (TPSA) is 63.3 Å². The third kappa shape index (κ3) is 2.63. The van der Waals surface area contributed by atoms with Crippen molar-refractivity contribution in [2.45, 2.75) is 17.3 Å². The minimum absolute atomic E-state index is 0.581. The summed E-state index contributed by atoms with van der Waals surface area (Å²) in [4.78, 5) is 10.9. The minimum atomic E-state index is -1.93. The molecule has 0 heterocycles. The van der Waals surface area contributed by atoms with Crippen LogP contribution in [-0.4, -0.2) is 16.6 Å². The first-order valence-electron chi connectivity index (χ1n) is 3.90. The lowest BCUT2D eigenvalue weighted by molar-refractivity contribution is -0.139. The molecule has 0 fully saturated rings. The van der Waals surface area contributed by atoms with Crippen LogP contribution in [0.15, 0.2) is 23.1 Å². The number of alkyl halides is 1. The quantitative estimate of drug-likeness (QED) is 0.598. The van der Waals surface area contributed by atoms with Gasteiger partial charge in [-0.2, -0.15) is 0 Å². The molecular weight excluding hydrogens is 205 g/mol. The highest BCUT2D eigenvalue weighted by Gasteiger charge is 2.17. The largest absolute Gasteiger partial charge is 0.478 e. The molecule has 0 bridgehead atoms. The number of nitrogen functional groups attached to an aromatic ring is 1. The summed E-state index contributed by atoms with van der Waals surface area (Å²) in [6.07, 6.45) is 0. The number of rotatable bonds is 3.